The van der Waals surface area contributed by atoms with Crippen LogP contribution in [0.2, 0.25) is 0 Å². The Kier molecular flexibility index (Phi) is 2.45. The van der Waals surface area contributed by atoms with Gasteiger partial charge in [0.2, 0.25) is 0 Å². The van der Waals surface area contributed by atoms with Gasteiger partial charge in [0.05, 0.1) is 25.4 Å². The maximum absolute atomic E-state index is 8.82. The Morgan fingerprint density at radius 3 is 2.78 bits per heavy atom. The summed E-state index contributed by atoms with van der Waals surface area (Å²) in [5.74, 6) is 0. The van der Waals surface area contributed by atoms with Crippen LogP contribution in [0.4, 0.5) is 0 Å². The molecule has 0 aromatic heterocycles. The summed E-state index contributed by atoms with van der Waals surface area (Å²) in [4.78, 5) is 0. The molecular formula is C6H13NO2. The van der Waals surface area contributed by atoms with E-state index in [2.05, 4.69) is 5.32 Å². The van der Waals surface area contributed by atoms with Crippen molar-refractivity contribution in [2.24, 2.45) is 0 Å². The molecule has 1 heterocycles. The van der Waals surface area contributed by atoms with Gasteiger partial charge in [-0.05, 0) is 6.92 Å². The minimum Gasteiger partial charge on any atom is -0.392 e. The Morgan fingerprint density at radius 2 is 2.44 bits per heavy atom. The van der Waals surface area contributed by atoms with Crippen molar-refractivity contribution < 1.29 is 9.84 Å². The maximum atomic E-state index is 8.82. The van der Waals surface area contributed by atoms with E-state index in [9.17, 15) is 0 Å². The third-order valence-electron chi connectivity index (χ3n) is 1.34. The van der Waals surface area contributed by atoms with Crippen LogP contribution < -0.4 is 5.32 Å². The Bertz CT molecular complexity index is 81.1. The fourth-order valence-electron chi connectivity index (χ4n) is 0.691. The van der Waals surface area contributed by atoms with Crippen LogP contribution in [-0.4, -0.2) is 37.0 Å². The van der Waals surface area contributed by atoms with Gasteiger partial charge in [-0.2, -0.15) is 0 Å². The van der Waals surface area contributed by atoms with Crippen molar-refractivity contribution in [3.8, 4) is 0 Å². The monoisotopic (exact) mass is 131 g/mol. The van der Waals surface area contributed by atoms with E-state index in [1.54, 1.807) is 6.92 Å². The van der Waals surface area contributed by atoms with Crippen molar-refractivity contribution in [3.05, 3.63) is 0 Å². The second-order valence-corrected chi connectivity index (χ2v) is 2.49. The van der Waals surface area contributed by atoms with E-state index >= 15 is 0 Å². The van der Waals surface area contributed by atoms with E-state index < -0.39 is 0 Å². The average molecular weight is 131 g/mol. The molecule has 3 nitrogen and oxygen atoms in total. The third-order valence-corrected chi connectivity index (χ3v) is 1.34. The molecule has 1 aliphatic heterocycles. The lowest BCUT2D eigenvalue weighted by Gasteiger charge is -2.27. The molecule has 0 radical (unpaired) electrons. The molecular weight excluding hydrogens is 118 g/mol. The molecule has 0 amide bonds. The van der Waals surface area contributed by atoms with E-state index in [1.165, 1.54) is 0 Å². The number of ether oxygens (including phenoxy) is 1. The highest BCUT2D eigenvalue weighted by Gasteiger charge is 2.17. The normalized spacial score (nSPS) is 23.3. The number of rotatable bonds is 3. The summed E-state index contributed by atoms with van der Waals surface area (Å²) in [6.45, 7) is 4.04. The van der Waals surface area contributed by atoms with Gasteiger partial charge in [0.15, 0.2) is 0 Å². The van der Waals surface area contributed by atoms with Crippen LogP contribution >= 0.6 is 0 Å². The molecule has 9 heavy (non-hydrogen) atoms. The van der Waals surface area contributed by atoms with E-state index in [1.807, 2.05) is 0 Å². The lowest BCUT2D eigenvalue weighted by atomic mass is 10.2. The molecule has 1 saturated heterocycles. The fourth-order valence-corrected chi connectivity index (χ4v) is 0.691. The molecule has 1 fully saturated rings. The summed E-state index contributed by atoms with van der Waals surface area (Å²) in [6.07, 6.45) is -0.245. The SMILES string of the molecule is C[C@@H](O)CNC1COC1. The highest BCUT2D eigenvalue weighted by molar-refractivity contribution is 4.73. The highest BCUT2D eigenvalue weighted by Crippen LogP contribution is 1.98. The first-order valence-corrected chi connectivity index (χ1v) is 3.28. The highest BCUT2D eigenvalue weighted by atomic mass is 16.5. The van der Waals surface area contributed by atoms with Gasteiger partial charge in [-0.15, -0.1) is 0 Å². The van der Waals surface area contributed by atoms with Gasteiger partial charge in [0.25, 0.3) is 0 Å². The molecule has 0 spiro atoms. The summed E-state index contributed by atoms with van der Waals surface area (Å²) in [5, 5.41) is 12.0. The number of hydrogen-bond acceptors (Lipinski definition) is 3. The molecule has 0 aromatic carbocycles. The zero-order chi connectivity index (χ0) is 6.69. The molecule has 0 unspecified atom stereocenters. The lowest BCUT2D eigenvalue weighted by molar-refractivity contribution is -0.00897. The molecule has 0 aromatic rings. The number of aliphatic hydroxyl groups is 1. The summed E-state index contributed by atoms with van der Waals surface area (Å²) >= 11 is 0. The molecule has 1 aliphatic rings. The van der Waals surface area contributed by atoms with Crippen molar-refractivity contribution in [1.82, 2.24) is 5.32 Å². The maximum Gasteiger partial charge on any atom is 0.0643 e. The predicted octanol–water partition coefficient (Wildman–Crippen LogP) is -0.644. The minimum absolute atomic E-state index is 0.245. The molecule has 2 N–H and O–H groups in total. The Labute approximate surface area is 55.0 Å². The van der Waals surface area contributed by atoms with Gasteiger partial charge in [-0.1, -0.05) is 0 Å². The van der Waals surface area contributed by atoms with Gasteiger partial charge in [0.1, 0.15) is 0 Å². The molecule has 54 valence electrons. The van der Waals surface area contributed by atoms with Crippen molar-refractivity contribution >= 4 is 0 Å². The predicted molar refractivity (Wildman–Crippen MR) is 34.3 cm³/mol. The van der Waals surface area contributed by atoms with E-state index in [4.69, 9.17) is 9.84 Å². The number of aliphatic hydroxyl groups excluding tert-OH is 1. The van der Waals surface area contributed by atoms with Crippen LogP contribution in [0.25, 0.3) is 0 Å². The van der Waals surface area contributed by atoms with Gasteiger partial charge in [-0.25, -0.2) is 0 Å². The molecule has 3 heteroatoms. The van der Waals surface area contributed by atoms with Crippen LogP contribution in [0.5, 0.6) is 0 Å². The third kappa shape index (κ3) is 2.30. The Balaban J connectivity index is 1.91. The quantitative estimate of drug-likeness (QED) is 0.535. The van der Waals surface area contributed by atoms with Crippen LogP contribution in [0, 0.1) is 0 Å². The van der Waals surface area contributed by atoms with Crippen molar-refractivity contribution in [3.63, 3.8) is 0 Å². The topological polar surface area (TPSA) is 41.5 Å². The zero-order valence-corrected chi connectivity index (χ0v) is 5.63. The minimum atomic E-state index is -0.245. The van der Waals surface area contributed by atoms with E-state index in [0.717, 1.165) is 13.2 Å². The van der Waals surface area contributed by atoms with Gasteiger partial charge in [-0.3, -0.25) is 0 Å². The molecule has 1 atom stereocenters. The summed E-state index contributed by atoms with van der Waals surface area (Å²) in [7, 11) is 0. The van der Waals surface area contributed by atoms with Gasteiger partial charge >= 0.3 is 0 Å². The van der Waals surface area contributed by atoms with Gasteiger partial charge in [0, 0.05) is 6.54 Å². The van der Waals surface area contributed by atoms with E-state index in [-0.39, 0.29) is 6.10 Å². The second kappa shape index (κ2) is 3.15. The van der Waals surface area contributed by atoms with Crippen LogP contribution in [0.15, 0.2) is 0 Å². The second-order valence-electron chi connectivity index (χ2n) is 2.49. The summed E-state index contributed by atoms with van der Waals surface area (Å²) in [5.41, 5.74) is 0. The first-order valence-electron chi connectivity index (χ1n) is 3.28. The smallest absolute Gasteiger partial charge is 0.0643 e. The standard InChI is InChI=1S/C6H13NO2/c1-5(8)2-7-6-3-9-4-6/h5-8H,2-4H2,1H3/t5-/m1/s1. The van der Waals surface area contributed by atoms with Crippen molar-refractivity contribution in [1.29, 1.82) is 0 Å². The van der Waals surface area contributed by atoms with Crippen molar-refractivity contribution in [2.75, 3.05) is 19.8 Å². The first-order chi connectivity index (χ1) is 4.29. The number of hydrogen-bond donors (Lipinski definition) is 2. The fraction of sp³-hybridized carbons (Fsp3) is 1.00. The molecule has 0 aliphatic carbocycles. The van der Waals surface area contributed by atoms with Crippen LogP contribution in [-0.2, 0) is 4.74 Å². The number of nitrogens with one attached hydrogen (secondary N) is 1. The molecule has 0 bridgehead atoms. The lowest BCUT2D eigenvalue weighted by Crippen LogP contribution is -2.47. The first kappa shape index (κ1) is 6.99. The summed E-state index contributed by atoms with van der Waals surface area (Å²) < 4.78 is 4.92. The molecule has 0 saturated carbocycles. The Morgan fingerprint density at radius 1 is 1.78 bits per heavy atom. The Hall–Kier alpha value is -0.120. The van der Waals surface area contributed by atoms with Crippen molar-refractivity contribution in [2.45, 2.75) is 19.1 Å². The largest absolute Gasteiger partial charge is 0.392 e. The van der Waals surface area contributed by atoms with Crippen LogP contribution in [0.3, 0.4) is 0 Å². The van der Waals surface area contributed by atoms with Gasteiger partial charge < -0.3 is 15.2 Å². The van der Waals surface area contributed by atoms with E-state index in [0.29, 0.717) is 12.6 Å². The summed E-state index contributed by atoms with van der Waals surface area (Å²) in [6, 6.07) is 0.486. The molecule has 1 rings (SSSR count). The average Bonchev–Trinajstić information content (AvgIpc) is 1.60. The van der Waals surface area contributed by atoms with Crippen LogP contribution in [0.1, 0.15) is 6.92 Å². The zero-order valence-electron chi connectivity index (χ0n) is 5.63.